The van der Waals surface area contributed by atoms with E-state index in [4.69, 9.17) is 0 Å². The molecule has 116 valence electrons. The molecule has 0 radical (unpaired) electrons. The van der Waals surface area contributed by atoms with Crippen molar-refractivity contribution in [3.63, 3.8) is 0 Å². The zero-order valence-electron chi connectivity index (χ0n) is 13.3. The average molecular weight is 305 g/mol. The Bertz CT molecular complexity index is 808. The highest BCUT2D eigenvalue weighted by Gasteiger charge is 2.38. The highest BCUT2D eigenvalue weighted by molar-refractivity contribution is 5.43. The van der Waals surface area contributed by atoms with Gasteiger partial charge in [0.15, 0.2) is 5.82 Å². The Morgan fingerprint density at radius 3 is 2.48 bits per heavy atom. The molecule has 0 bridgehead atoms. The van der Waals surface area contributed by atoms with Crippen LogP contribution in [0.5, 0.6) is 0 Å². The zero-order chi connectivity index (χ0) is 15.9. The normalized spacial score (nSPS) is 19.3. The van der Waals surface area contributed by atoms with Crippen molar-refractivity contribution in [2.75, 3.05) is 0 Å². The van der Waals surface area contributed by atoms with Gasteiger partial charge < -0.3 is 4.57 Å². The lowest BCUT2D eigenvalue weighted by Crippen LogP contribution is -2.35. The van der Waals surface area contributed by atoms with E-state index in [2.05, 4.69) is 68.9 Å². The molecular weight excluding hydrogens is 286 g/mol. The van der Waals surface area contributed by atoms with Crippen LogP contribution in [-0.4, -0.2) is 24.7 Å². The van der Waals surface area contributed by atoms with Crippen molar-refractivity contribution in [2.24, 2.45) is 5.41 Å². The van der Waals surface area contributed by atoms with E-state index in [-0.39, 0.29) is 5.41 Å². The summed E-state index contributed by atoms with van der Waals surface area (Å²) in [5.41, 5.74) is 1.50. The molecule has 2 aromatic heterocycles. The van der Waals surface area contributed by atoms with Gasteiger partial charge >= 0.3 is 0 Å². The van der Waals surface area contributed by atoms with Crippen molar-refractivity contribution in [3.05, 3.63) is 60.2 Å². The predicted molar refractivity (Wildman–Crippen MR) is 87.7 cm³/mol. The van der Waals surface area contributed by atoms with Gasteiger partial charge in [-0.3, -0.25) is 0 Å². The molecule has 0 spiro atoms. The molecule has 3 heterocycles. The summed E-state index contributed by atoms with van der Waals surface area (Å²) in [5, 5.41) is 8.74. The van der Waals surface area contributed by atoms with Gasteiger partial charge in [-0.05, 0) is 17.0 Å². The van der Waals surface area contributed by atoms with E-state index in [9.17, 15) is 0 Å². The van der Waals surface area contributed by atoms with Gasteiger partial charge in [-0.1, -0.05) is 44.2 Å². The van der Waals surface area contributed by atoms with E-state index in [0.29, 0.717) is 11.7 Å². The van der Waals surface area contributed by atoms with Crippen molar-refractivity contribution in [1.82, 2.24) is 24.7 Å². The lowest BCUT2D eigenvalue weighted by atomic mass is 9.70. The van der Waals surface area contributed by atoms with Crippen molar-refractivity contribution in [1.29, 1.82) is 0 Å². The molecule has 0 amide bonds. The van der Waals surface area contributed by atoms with Crippen molar-refractivity contribution in [2.45, 2.75) is 32.7 Å². The van der Waals surface area contributed by atoms with Crippen LogP contribution in [0.2, 0.25) is 0 Å². The van der Waals surface area contributed by atoms with Crippen LogP contribution >= 0.6 is 0 Å². The van der Waals surface area contributed by atoms with Crippen LogP contribution in [0.4, 0.5) is 0 Å². The first-order chi connectivity index (χ1) is 11.1. The summed E-state index contributed by atoms with van der Waals surface area (Å²) in [6.07, 6.45) is 4.38. The Morgan fingerprint density at radius 1 is 1.00 bits per heavy atom. The summed E-state index contributed by atoms with van der Waals surface area (Å²) in [6.45, 7) is 5.47. The number of aromatic nitrogens is 5. The number of rotatable bonds is 2. The minimum Gasteiger partial charge on any atom is -0.308 e. The first-order valence-electron chi connectivity index (χ1n) is 7.89. The number of nitrogens with zero attached hydrogens (tertiary/aromatic N) is 5. The third kappa shape index (κ3) is 2.42. The lowest BCUT2D eigenvalue weighted by molar-refractivity contribution is 0.218. The Labute approximate surface area is 135 Å². The molecule has 0 saturated heterocycles. The molecule has 5 heteroatoms. The molecule has 0 N–H and O–H groups in total. The molecule has 1 unspecified atom stereocenters. The van der Waals surface area contributed by atoms with Crippen LogP contribution in [0.25, 0.3) is 11.6 Å². The van der Waals surface area contributed by atoms with Crippen LogP contribution in [-0.2, 0) is 13.0 Å². The van der Waals surface area contributed by atoms with Gasteiger partial charge in [-0.2, -0.15) is 0 Å². The maximum Gasteiger partial charge on any atom is 0.201 e. The molecule has 0 aliphatic carbocycles. The van der Waals surface area contributed by atoms with Crippen LogP contribution in [0.3, 0.4) is 0 Å². The van der Waals surface area contributed by atoms with Gasteiger partial charge in [0.2, 0.25) is 5.82 Å². The standard InChI is InChI=1S/C18H19N5/c1-18(2)11-15-21-22-17(16-19-9-6-10-20-16)23(15)12-14(18)13-7-4-3-5-8-13/h3-10,14H,11-12H2,1-2H3. The second-order valence-corrected chi connectivity index (χ2v) is 6.75. The van der Waals surface area contributed by atoms with Crippen molar-refractivity contribution < 1.29 is 0 Å². The minimum atomic E-state index is 0.138. The summed E-state index contributed by atoms with van der Waals surface area (Å²) >= 11 is 0. The fourth-order valence-corrected chi connectivity index (χ4v) is 3.44. The van der Waals surface area contributed by atoms with Crippen LogP contribution in [0, 0.1) is 5.41 Å². The lowest BCUT2D eigenvalue weighted by Gasteiger charge is -2.39. The van der Waals surface area contributed by atoms with E-state index in [1.807, 2.05) is 6.07 Å². The molecule has 3 aromatic rings. The second kappa shape index (κ2) is 5.26. The number of hydrogen-bond acceptors (Lipinski definition) is 4. The quantitative estimate of drug-likeness (QED) is 0.730. The smallest absolute Gasteiger partial charge is 0.201 e. The SMILES string of the molecule is CC1(C)Cc2nnc(-c3ncccn3)n2CC1c1ccccc1. The Hall–Kier alpha value is -2.56. The van der Waals surface area contributed by atoms with Crippen LogP contribution in [0.15, 0.2) is 48.8 Å². The topological polar surface area (TPSA) is 56.5 Å². The molecule has 1 aromatic carbocycles. The van der Waals surface area contributed by atoms with Gasteiger partial charge in [0, 0.05) is 31.3 Å². The van der Waals surface area contributed by atoms with Gasteiger partial charge in [-0.25, -0.2) is 9.97 Å². The highest BCUT2D eigenvalue weighted by atomic mass is 15.3. The third-order valence-corrected chi connectivity index (χ3v) is 4.72. The van der Waals surface area contributed by atoms with E-state index < -0.39 is 0 Å². The average Bonchev–Trinajstić information content (AvgIpc) is 2.97. The third-order valence-electron chi connectivity index (χ3n) is 4.72. The maximum atomic E-state index is 4.39. The Balaban J connectivity index is 1.78. The number of hydrogen-bond donors (Lipinski definition) is 0. The highest BCUT2D eigenvalue weighted by Crippen LogP contribution is 2.43. The molecular formula is C18H19N5. The van der Waals surface area contributed by atoms with Gasteiger partial charge in [0.1, 0.15) is 5.82 Å². The summed E-state index contributed by atoms with van der Waals surface area (Å²) in [6, 6.07) is 12.5. The summed E-state index contributed by atoms with van der Waals surface area (Å²) in [5.74, 6) is 2.83. The Kier molecular flexibility index (Phi) is 3.22. The number of benzene rings is 1. The second-order valence-electron chi connectivity index (χ2n) is 6.75. The van der Waals surface area contributed by atoms with Gasteiger partial charge in [0.05, 0.1) is 0 Å². The molecule has 0 fully saturated rings. The molecule has 23 heavy (non-hydrogen) atoms. The molecule has 4 rings (SSSR count). The van der Waals surface area contributed by atoms with Crippen molar-refractivity contribution in [3.8, 4) is 11.6 Å². The van der Waals surface area contributed by atoms with E-state index in [1.54, 1.807) is 12.4 Å². The largest absolute Gasteiger partial charge is 0.308 e. The minimum absolute atomic E-state index is 0.138. The van der Waals surface area contributed by atoms with E-state index in [1.165, 1.54) is 5.56 Å². The predicted octanol–water partition coefficient (Wildman–Crippen LogP) is 3.10. The summed E-state index contributed by atoms with van der Waals surface area (Å²) in [7, 11) is 0. The first-order valence-corrected chi connectivity index (χ1v) is 7.89. The monoisotopic (exact) mass is 305 g/mol. The molecule has 5 nitrogen and oxygen atoms in total. The Morgan fingerprint density at radius 2 is 1.74 bits per heavy atom. The number of fused-ring (bicyclic) bond motifs is 1. The van der Waals surface area contributed by atoms with Crippen LogP contribution < -0.4 is 0 Å². The van der Waals surface area contributed by atoms with E-state index in [0.717, 1.165) is 24.6 Å². The van der Waals surface area contributed by atoms with Gasteiger partial charge in [0.25, 0.3) is 0 Å². The molecule has 0 saturated carbocycles. The van der Waals surface area contributed by atoms with Gasteiger partial charge in [-0.15, -0.1) is 10.2 Å². The molecule has 1 aliphatic heterocycles. The first kappa shape index (κ1) is 14.1. The fraction of sp³-hybridized carbons (Fsp3) is 0.333. The molecule has 1 atom stereocenters. The van der Waals surface area contributed by atoms with Crippen molar-refractivity contribution >= 4 is 0 Å². The molecule has 1 aliphatic rings. The maximum absolute atomic E-state index is 4.39. The van der Waals surface area contributed by atoms with Crippen LogP contribution in [0.1, 0.15) is 31.2 Å². The summed E-state index contributed by atoms with van der Waals surface area (Å²) < 4.78 is 2.18. The van der Waals surface area contributed by atoms with E-state index >= 15 is 0 Å². The zero-order valence-corrected chi connectivity index (χ0v) is 13.3. The fourth-order valence-electron chi connectivity index (χ4n) is 3.44. The summed E-state index contributed by atoms with van der Waals surface area (Å²) in [4.78, 5) is 8.66.